The molecular formula is C24H31FN2O2S. The molecule has 162 valence electrons. The van der Waals surface area contributed by atoms with E-state index in [-0.39, 0.29) is 23.4 Å². The molecule has 0 bridgehead atoms. The van der Waals surface area contributed by atoms with Crippen LogP contribution in [0.3, 0.4) is 0 Å². The van der Waals surface area contributed by atoms with Gasteiger partial charge in [-0.2, -0.15) is 0 Å². The van der Waals surface area contributed by atoms with Crippen molar-refractivity contribution in [3.8, 4) is 0 Å². The summed E-state index contributed by atoms with van der Waals surface area (Å²) < 4.78 is 13.0. The summed E-state index contributed by atoms with van der Waals surface area (Å²) in [4.78, 5) is 27.3. The first kappa shape index (κ1) is 23.9. The van der Waals surface area contributed by atoms with E-state index >= 15 is 0 Å². The molecule has 6 heteroatoms. The number of carbonyl (C=O) groups excluding carboxylic acids is 2. The predicted molar refractivity (Wildman–Crippen MR) is 122 cm³/mol. The zero-order valence-corrected chi connectivity index (χ0v) is 19.0. The van der Waals surface area contributed by atoms with Crippen LogP contribution in [0.2, 0.25) is 0 Å². The second kappa shape index (κ2) is 11.7. The fraction of sp³-hybridized carbons (Fsp3) is 0.417. The fourth-order valence-electron chi connectivity index (χ4n) is 2.96. The normalized spacial score (nSPS) is 11.9. The van der Waals surface area contributed by atoms with Crippen LogP contribution in [0.25, 0.3) is 0 Å². The van der Waals surface area contributed by atoms with E-state index in [1.165, 1.54) is 23.9 Å². The van der Waals surface area contributed by atoms with Crippen LogP contribution in [-0.2, 0) is 21.9 Å². The van der Waals surface area contributed by atoms with Gasteiger partial charge in [-0.05, 0) is 43.0 Å². The molecule has 0 spiro atoms. The van der Waals surface area contributed by atoms with Crippen molar-refractivity contribution in [2.24, 2.45) is 5.92 Å². The van der Waals surface area contributed by atoms with E-state index in [1.807, 2.05) is 45.0 Å². The topological polar surface area (TPSA) is 49.4 Å². The van der Waals surface area contributed by atoms with Crippen molar-refractivity contribution >= 4 is 23.6 Å². The molecule has 0 aliphatic carbocycles. The molecule has 2 aromatic carbocycles. The molecule has 0 aromatic heterocycles. The third-order valence-corrected chi connectivity index (χ3v) is 5.68. The van der Waals surface area contributed by atoms with Crippen molar-refractivity contribution in [3.05, 3.63) is 71.0 Å². The highest BCUT2D eigenvalue weighted by atomic mass is 32.2. The number of rotatable bonds is 10. The summed E-state index contributed by atoms with van der Waals surface area (Å²) >= 11 is 1.46. The van der Waals surface area contributed by atoms with Gasteiger partial charge >= 0.3 is 0 Å². The number of aryl methyl sites for hydroxylation is 1. The maximum Gasteiger partial charge on any atom is 0.242 e. The molecule has 0 aliphatic heterocycles. The minimum Gasteiger partial charge on any atom is -0.354 e. The standard InChI is InChI=1S/C24H31FN2O2S/c1-17(2)13-26-24(29)19(4)27(14-21-7-5-6-18(3)12-21)23(28)16-30-15-20-8-10-22(25)11-9-20/h5-12,17,19H,13-16H2,1-4H3,(H,26,29)/t19-/m0/s1. The van der Waals surface area contributed by atoms with Gasteiger partial charge in [-0.25, -0.2) is 4.39 Å². The highest BCUT2D eigenvalue weighted by molar-refractivity contribution is 7.99. The zero-order chi connectivity index (χ0) is 22.1. The lowest BCUT2D eigenvalue weighted by Gasteiger charge is -2.29. The van der Waals surface area contributed by atoms with E-state index in [9.17, 15) is 14.0 Å². The Morgan fingerprint density at radius 2 is 1.77 bits per heavy atom. The van der Waals surface area contributed by atoms with Gasteiger partial charge in [-0.1, -0.05) is 55.8 Å². The lowest BCUT2D eigenvalue weighted by atomic mass is 10.1. The highest BCUT2D eigenvalue weighted by Gasteiger charge is 2.26. The Labute approximate surface area is 183 Å². The number of hydrogen-bond donors (Lipinski definition) is 1. The van der Waals surface area contributed by atoms with Gasteiger partial charge in [0.1, 0.15) is 11.9 Å². The number of halogens is 1. The van der Waals surface area contributed by atoms with E-state index in [0.717, 1.165) is 16.7 Å². The molecular weight excluding hydrogens is 399 g/mol. The Kier molecular flexibility index (Phi) is 9.37. The molecule has 0 unspecified atom stereocenters. The molecule has 2 aromatic rings. The van der Waals surface area contributed by atoms with Crippen molar-refractivity contribution < 1.29 is 14.0 Å². The molecule has 0 aliphatic rings. The van der Waals surface area contributed by atoms with Crippen LogP contribution in [0, 0.1) is 18.7 Å². The minimum atomic E-state index is -0.566. The average molecular weight is 431 g/mol. The van der Waals surface area contributed by atoms with E-state index in [0.29, 0.717) is 24.8 Å². The van der Waals surface area contributed by atoms with Crippen molar-refractivity contribution in [1.82, 2.24) is 10.2 Å². The smallest absolute Gasteiger partial charge is 0.242 e. The van der Waals surface area contributed by atoms with Gasteiger partial charge in [0.2, 0.25) is 11.8 Å². The van der Waals surface area contributed by atoms with Crippen molar-refractivity contribution in [2.45, 2.75) is 46.0 Å². The second-order valence-corrected chi connectivity index (χ2v) is 8.93. The molecule has 0 fully saturated rings. The molecule has 30 heavy (non-hydrogen) atoms. The fourth-order valence-corrected chi connectivity index (χ4v) is 3.83. The zero-order valence-electron chi connectivity index (χ0n) is 18.2. The van der Waals surface area contributed by atoms with Gasteiger partial charge < -0.3 is 10.2 Å². The quantitative estimate of drug-likeness (QED) is 0.601. The van der Waals surface area contributed by atoms with Gasteiger partial charge in [0.05, 0.1) is 5.75 Å². The van der Waals surface area contributed by atoms with Crippen LogP contribution in [0.15, 0.2) is 48.5 Å². The number of nitrogens with zero attached hydrogens (tertiary/aromatic N) is 1. The van der Waals surface area contributed by atoms with Crippen LogP contribution >= 0.6 is 11.8 Å². The molecule has 1 atom stereocenters. The summed E-state index contributed by atoms with van der Waals surface area (Å²) in [6.07, 6.45) is 0. The largest absolute Gasteiger partial charge is 0.354 e. The number of thioether (sulfide) groups is 1. The summed E-state index contributed by atoms with van der Waals surface area (Å²) in [6, 6.07) is 13.7. The molecule has 2 rings (SSSR count). The molecule has 0 radical (unpaired) electrons. The molecule has 4 nitrogen and oxygen atoms in total. The predicted octanol–water partition coefficient (Wildman–Crippen LogP) is 4.56. The number of benzene rings is 2. The van der Waals surface area contributed by atoms with Gasteiger partial charge in [0.25, 0.3) is 0 Å². The van der Waals surface area contributed by atoms with E-state index in [2.05, 4.69) is 5.32 Å². The molecule has 0 heterocycles. The van der Waals surface area contributed by atoms with Gasteiger partial charge in [0, 0.05) is 18.8 Å². The van der Waals surface area contributed by atoms with Crippen LogP contribution in [0.4, 0.5) is 4.39 Å². The third-order valence-electron chi connectivity index (χ3n) is 4.69. The maximum atomic E-state index is 13.0. The number of carbonyl (C=O) groups is 2. The van der Waals surface area contributed by atoms with Crippen molar-refractivity contribution in [1.29, 1.82) is 0 Å². The first-order valence-corrected chi connectivity index (χ1v) is 11.4. The van der Waals surface area contributed by atoms with Gasteiger partial charge in [-0.15, -0.1) is 11.8 Å². The van der Waals surface area contributed by atoms with E-state index in [1.54, 1.807) is 24.0 Å². The average Bonchev–Trinajstić information content (AvgIpc) is 2.71. The summed E-state index contributed by atoms with van der Waals surface area (Å²) in [5.74, 6) is 0.700. The summed E-state index contributed by atoms with van der Waals surface area (Å²) in [5.41, 5.74) is 3.07. The van der Waals surface area contributed by atoms with Gasteiger partial charge in [0.15, 0.2) is 0 Å². The maximum absolute atomic E-state index is 13.0. The first-order chi connectivity index (χ1) is 14.3. The first-order valence-electron chi connectivity index (χ1n) is 10.2. The Hall–Kier alpha value is -2.34. The Balaban J connectivity index is 2.05. The van der Waals surface area contributed by atoms with Crippen molar-refractivity contribution in [2.75, 3.05) is 12.3 Å². The SMILES string of the molecule is Cc1cccc(CN(C(=O)CSCc2ccc(F)cc2)[C@@H](C)C(=O)NCC(C)C)c1. The molecule has 0 saturated carbocycles. The number of hydrogen-bond acceptors (Lipinski definition) is 3. The van der Waals surface area contributed by atoms with E-state index < -0.39 is 6.04 Å². The lowest BCUT2D eigenvalue weighted by Crippen LogP contribution is -2.48. The highest BCUT2D eigenvalue weighted by Crippen LogP contribution is 2.17. The monoisotopic (exact) mass is 430 g/mol. The summed E-state index contributed by atoms with van der Waals surface area (Å²) in [5, 5.41) is 2.93. The molecule has 1 N–H and O–H groups in total. The third kappa shape index (κ3) is 7.82. The van der Waals surface area contributed by atoms with Crippen LogP contribution in [0.1, 0.15) is 37.5 Å². The lowest BCUT2D eigenvalue weighted by molar-refractivity contribution is -0.138. The van der Waals surface area contributed by atoms with E-state index in [4.69, 9.17) is 0 Å². The summed E-state index contributed by atoms with van der Waals surface area (Å²) in [6.45, 7) is 8.81. The molecule has 0 saturated heterocycles. The Bertz CT molecular complexity index is 839. The Morgan fingerprint density at radius 3 is 2.40 bits per heavy atom. The number of amides is 2. The van der Waals surface area contributed by atoms with Gasteiger partial charge in [-0.3, -0.25) is 9.59 Å². The van der Waals surface area contributed by atoms with Crippen LogP contribution in [-0.4, -0.2) is 35.1 Å². The Morgan fingerprint density at radius 1 is 1.07 bits per heavy atom. The second-order valence-electron chi connectivity index (χ2n) is 7.94. The molecule has 2 amide bonds. The van der Waals surface area contributed by atoms with Crippen LogP contribution < -0.4 is 5.32 Å². The van der Waals surface area contributed by atoms with Crippen LogP contribution in [0.5, 0.6) is 0 Å². The summed E-state index contributed by atoms with van der Waals surface area (Å²) in [7, 11) is 0. The van der Waals surface area contributed by atoms with Crippen molar-refractivity contribution in [3.63, 3.8) is 0 Å². The number of nitrogens with one attached hydrogen (secondary N) is 1. The minimum absolute atomic E-state index is 0.0872.